The SMILES string of the molecule is CNCc1cc(Cl)cc(COC)c1O. The maximum absolute atomic E-state index is 9.80. The standard InChI is InChI=1S/C10H14ClNO2/c1-12-5-7-3-9(11)4-8(6-14-2)10(7)13/h3-4,12-13H,5-6H2,1-2H3. The maximum Gasteiger partial charge on any atom is 0.125 e. The number of hydrogen-bond donors (Lipinski definition) is 2. The van der Waals surface area contributed by atoms with Crippen LogP contribution in [0, 0.1) is 0 Å². The second-order valence-corrected chi connectivity index (χ2v) is 3.47. The van der Waals surface area contributed by atoms with Crippen LogP contribution in [0.2, 0.25) is 5.02 Å². The van der Waals surface area contributed by atoms with Crippen molar-refractivity contribution in [2.45, 2.75) is 13.2 Å². The molecule has 0 atom stereocenters. The van der Waals surface area contributed by atoms with Crippen LogP contribution in [0.15, 0.2) is 12.1 Å². The van der Waals surface area contributed by atoms with Gasteiger partial charge in [0.05, 0.1) is 6.61 Å². The minimum atomic E-state index is 0.255. The molecule has 0 aromatic heterocycles. The van der Waals surface area contributed by atoms with E-state index in [2.05, 4.69) is 5.32 Å². The highest BCUT2D eigenvalue weighted by molar-refractivity contribution is 6.30. The summed E-state index contributed by atoms with van der Waals surface area (Å²) in [5.74, 6) is 0.255. The van der Waals surface area contributed by atoms with Crippen molar-refractivity contribution in [3.05, 3.63) is 28.3 Å². The zero-order valence-corrected chi connectivity index (χ0v) is 9.06. The topological polar surface area (TPSA) is 41.5 Å². The molecular weight excluding hydrogens is 202 g/mol. The monoisotopic (exact) mass is 215 g/mol. The molecule has 3 nitrogen and oxygen atoms in total. The minimum absolute atomic E-state index is 0.255. The summed E-state index contributed by atoms with van der Waals surface area (Å²) in [5, 5.41) is 13.4. The molecule has 14 heavy (non-hydrogen) atoms. The molecule has 0 heterocycles. The highest BCUT2D eigenvalue weighted by atomic mass is 35.5. The number of methoxy groups -OCH3 is 1. The number of aromatic hydroxyl groups is 1. The molecule has 2 N–H and O–H groups in total. The van der Waals surface area contributed by atoms with Crippen molar-refractivity contribution in [2.75, 3.05) is 14.2 Å². The van der Waals surface area contributed by atoms with E-state index in [9.17, 15) is 5.11 Å². The first-order chi connectivity index (χ1) is 6.69. The van der Waals surface area contributed by atoms with E-state index in [1.807, 2.05) is 7.05 Å². The van der Waals surface area contributed by atoms with E-state index in [0.717, 1.165) is 5.56 Å². The van der Waals surface area contributed by atoms with E-state index < -0.39 is 0 Å². The van der Waals surface area contributed by atoms with E-state index in [1.54, 1.807) is 19.2 Å². The second-order valence-electron chi connectivity index (χ2n) is 3.04. The van der Waals surface area contributed by atoms with E-state index in [0.29, 0.717) is 23.7 Å². The van der Waals surface area contributed by atoms with E-state index in [1.165, 1.54) is 0 Å². The van der Waals surface area contributed by atoms with Gasteiger partial charge in [0.1, 0.15) is 5.75 Å². The van der Waals surface area contributed by atoms with Crippen molar-refractivity contribution in [3.8, 4) is 5.75 Å². The molecule has 0 amide bonds. The zero-order chi connectivity index (χ0) is 10.6. The molecule has 1 rings (SSSR count). The molecule has 0 radical (unpaired) electrons. The van der Waals surface area contributed by atoms with Crippen LogP contribution in [0.5, 0.6) is 5.75 Å². The summed E-state index contributed by atoms with van der Waals surface area (Å²) < 4.78 is 4.96. The maximum atomic E-state index is 9.80. The number of phenolic OH excluding ortho intramolecular Hbond substituents is 1. The summed E-state index contributed by atoms with van der Waals surface area (Å²) in [4.78, 5) is 0. The molecule has 0 saturated carbocycles. The predicted molar refractivity (Wildman–Crippen MR) is 56.6 cm³/mol. The molecule has 0 spiro atoms. The van der Waals surface area contributed by atoms with Gasteiger partial charge in [0.15, 0.2) is 0 Å². The summed E-state index contributed by atoms with van der Waals surface area (Å²) >= 11 is 5.90. The van der Waals surface area contributed by atoms with Crippen molar-refractivity contribution in [3.63, 3.8) is 0 Å². The van der Waals surface area contributed by atoms with Crippen LogP contribution in [0.3, 0.4) is 0 Å². The van der Waals surface area contributed by atoms with Crippen LogP contribution in [0.25, 0.3) is 0 Å². The number of phenols is 1. The third-order valence-electron chi connectivity index (χ3n) is 1.90. The number of ether oxygens (including phenoxy) is 1. The molecule has 1 aromatic rings. The van der Waals surface area contributed by atoms with Crippen LogP contribution in [-0.2, 0) is 17.9 Å². The summed E-state index contributed by atoms with van der Waals surface area (Å²) in [6.45, 7) is 0.951. The van der Waals surface area contributed by atoms with E-state index in [4.69, 9.17) is 16.3 Å². The Kier molecular flexibility index (Phi) is 4.20. The van der Waals surface area contributed by atoms with Crippen molar-refractivity contribution in [1.82, 2.24) is 5.32 Å². The van der Waals surface area contributed by atoms with Crippen LogP contribution in [0.4, 0.5) is 0 Å². The normalized spacial score (nSPS) is 10.5. The lowest BCUT2D eigenvalue weighted by Gasteiger charge is -2.09. The van der Waals surface area contributed by atoms with Crippen molar-refractivity contribution < 1.29 is 9.84 Å². The first-order valence-electron chi connectivity index (χ1n) is 4.32. The second kappa shape index (κ2) is 5.20. The molecule has 0 aliphatic carbocycles. The van der Waals surface area contributed by atoms with Crippen LogP contribution in [-0.4, -0.2) is 19.3 Å². The van der Waals surface area contributed by atoms with Gasteiger partial charge in [-0.05, 0) is 19.2 Å². The van der Waals surface area contributed by atoms with Crippen LogP contribution in [0.1, 0.15) is 11.1 Å². The van der Waals surface area contributed by atoms with E-state index in [-0.39, 0.29) is 5.75 Å². The number of halogens is 1. The van der Waals surface area contributed by atoms with Gasteiger partial charge in [0.25, 0.3) is 0 Å². The molecule has 0 fully saturated rings. The summed E-state index contributed by atoms with van der Waals surface area (Å²) in [6.07, 6.45) is 0. The van der Waals surface area contributed by atoms with Crippen molar-refractivity contribution >= 4 is 11.6 Å². The third kappa shape index (κ3) is 2.61. The molecule has 0 saturated heterocycles. The highest BCUT2D eigenvalue weighted by Gasteiger charge is 2.08. The van der Waals surface area contributed by atoms with Gasteiger partial charge in [0, 0.05) is 29.8 Å². The van der Waals surface area contributed by atoms with Gasteiger partial charge in [-0.15, -0.1) is 0 Å². The molecule has 0 unspecified atom stereocenters. The van der Waals surface area contributed by atoms with Gasteiger partial charge < -0.3 is 15.2 Å². The van der Waals surface area contributed by atoms with Gasteiger partial charge in [-0.1, -0.05) is 11.6 Å². The first-order valence-corrected chi connectivity index (χ1v) is 4.70. The fraction of sp³-hybridized carbons (Fsp3) is 0.400. The Labute approximate surface area is 88.7 Å². The fourth-order valence-corrected chi connectivity index (χ4v) is 1.57. The van der Waals surface area contributed by atoms with Gasteiger partial charge in [-0.25, -0.2) is 0 Å². The highest BCUT2D eigenvalue weighted by Crippen LogP contribution is 2.27. The summed E-state index contributed by atoms with van der Waals surface area (Å²) in [5.41, 5.74) is 1.50. The van der Waals surface area contributed by atoms with Gasteiger partial charge in [0.2, 0.25) is 0 Å². The Hall–Kier alpha value is -0.770. The van der Waals surface area contributed by atoms with Crippen LogP contribution >= 0.6 is 11.6 Å². The quantitative estimate of drug-likeness (QED) is 0.806. The largest absolute Gasteiger partial charge is 0.507 e. The number of hydrogen-bond acceptors (Lipinski definition) is 3. The van der Waals surface area contributed by atoms with E-state index >= 15 is 0 Å². The van der Waals surface area contributed by atoms with Crippen LogP contribution < -0.4 is 5.32 Å². The number of benzene rings is 1. The lowest BCUT2D eigenvalue weighted by Crippen LogP contribution is -2.06. The summed E-state index contributed by atoms with van der Waals surface area (Å²) in [7, 11) is 3.40. The lowest BCUT2D eigenvalue weighted by molar-refractivity contribution is 0.182. The molecular formula is C10H14ClNO2. The molecule has 0 bridgehead atoms. The Balaban J connectivity index is 3.04. The predicted octanol–water partition coefficient (Wildman–Crippen LogP) is 1.91. The molecule has 0 aliphatic heterocycles. The molecule has 0 aliphatic rings. The molecule has 4 heteroatoms. The Morgan fingerprint density at radius 1 is 1.43 bits per heavy atom. The molecule has 1 aromatic carbocycles. The van der Waals surface area contributed by atoms with Gasteiger partial charge in [-0.2, -0.15) is 0 Å². The van der Waals surface area contributed by atoms with Gasteiger partial charge >= 0.3 is 0 Å². The smallest absolute Gasteiger partial charge is 0.125 e. The third-order valence-corrected chi connectivity index (χ3v) is 2.12. The molecule has 78 valence electrons. The number of nitrogens with one attached hydrogen (secondary N) is 1. The Bertz CT molecular complexity index is 288. The average Bonchev–Trinajstić information content (AvgIpc) is 2.14. The van der Waals surface area contributed by atoms with Gasteiger partial charge in [-0.3, -0.25) is 0 Å². The first kappa shape index (κ1) is 11.3. The fourth-order valence-electron chi connectivity index (χ4n) is 1.31. The Morgan fingerprint density at radius 2 is 2.07 bits per heavy atom. The lowest BCUT2D eigenvalue weighted by atomic mass is 10.1. The Morgan fingerprint density at radius 3 is 2.64 bits per heavy atom. The minimum Gasteiger partial charge on any atom is -0.507 e. The average molecular weight is 216 g/mol. The summed E-state index contributed by atoms with van der Waals surface area (Å²) in [6, 6.07) is 3.45. The van der Waals surface area contributed by atoms with Crippen molar-refractivity contribution in [1.29, 1.82) is 0 Å². The van der Waals surface area contributed by atoms with Crippen molar-refractivity contribution in [2.24, 2.45) is 0 Å². The zero-order valence-electron chi connectivity index (χ0n) is 8.30. The number of rotatable bonds is 4.